The van der Waals surface area contributed by atoms with Crippen LogP contribution >= 0.6 is 0 Å². The van der Waals surface area contributed by atoms with Crippen molar-refractivity contribution in [1.82, 2.24) is 20.4 Å². The summed E-state index contributed by atoms with van der Waals surface area (Å²) in [5.41, 5.74) is 12.2. The SMILES string of the molecule is Cc1cc(CNc2n[nH]c(Cc3ccc(-c4ccn[nH]4)cc3)c2C(N)=O)cc(C)c1O. The van der Waals surface area contributed by atoms with Crippen LogP contribution in [-0.4, -0.2) is 31.4 Å². The number of phenols is 1. The minimum atomic E-state index is -0.543. The molecule has 4 aromatic rings. The van der Waals surface area contributed by atoms with E-state index in [-0.39, 0.29) is 0 Å². The van der Waals surface area contributed by atoms with Gasteiger partial charge in [0.15, 0.2) is 5.82 Å². The number of amides is 1. The Morgan fingerprint density at radius 1 is 1.06 bits per heavy atom. The highest BCUT2D eigenvalue weighted by atomic mass is 16.3. The number of aromatic amines is 2. The first-order chi connectivity index (χ1) is 14.9. The van der Waals surface area contributed by atoms with Gasteiger partial charge in [-0.3, -0.25) is 15.0 Å². The van der Waals surface area contributed by atoms with Gasteiger partial charge in [0, 0.05) is 19.2 Å². The number of hydrogen-bond donors (Lipinski definition) is 5. The number of aromatic nitrogens is 4. The number of phenolic OH excluding ortho intramolecular Hbond substituents is 1. The Bertz CT molecular complexity index is 1190. The monoisotopic (exact) mass is 416 g/mol. The number of aromatic hydroxyl groups is 1. The fraction of sp³-hybridized carbons (Fsp3) is 0.174. The Morgan fingerprint density at radius 3 is 2.39 bits per heavy atom. The molecule has 4 rings (SSSR count). The molecule has 0 aliphatic carbocycles. The highest BCUT2D eigenvalue weighted by molar-refractivity contribution is 5.99. The molecule has 0 atom stereocenters. The second-order valence-electron chi connectivity index (χ2n) is 7.57. The molecule has 0 spiro atoms. The van der Waals surface area contributed by atoms with Crippen LogP contribution in [0.25, 0.3) is 11.3 Å². The average Bonchev–Trinajstić information content (AvgIpc) is 3.41. The lowest BCUT2D eigenvalue weighted by atomic mass is 10.0. The molecule has 0 aliphatic rings. The van der Waals surface area contributed by atoms with Crippen molar-refractivity contribution >= 4 is 11.7 Å². The molecular weight excluding hydrogens is 392 g/mol. The van der Waals surface area contributed by atoms with Crippen LogP contribution in [0.4, 0.5) is 5.82 Å². The number of nitrogens with two attached hydrogens (primary N) is 1. The molecule has 6 N–H and O–H groups in total. The van der Waals surface area contributed by atoms with E-state index in [1.165, 1.54) is 0 Å². The van der Waals surface area contributed by atoms with Crippen molar-refractivity contribution in [2.45, 2.75) is 26.8 Å². The van der Waals surface area contributed by atoms with E-state index in [1.54, 1.807) is 6.20 Å². The Kier molecular flexibility index (Phi) is 5.44. The Morgan fingerprint density at radius 2 is 1.77 bits per heavy atom. The summed E-state index contributed by atoms with van der Waals surface area (Å²) in [7, 11) is 0. The topological polar surface area (TPSA) is 133 Å². The number of rotatable bonds is 7. The molecular formula is C23H24N6O2. The molecule has 1 amide bonds. The Hall–Kier alpha value is -4.07. The van der Waals surface area contributed by atoms with E-state index >= 15 is 0 Å². The van der Waals surface area contributed by atoms with E-state index in [9.17, 15) is 9.90 Å². The molecule has 0 saturated heterocycles. The van der Waals surface area contributed by atoms with Crippen molar-refractivity contribution in [2.24, 2.45) is 5.73 Å². The van der Waals surface area contributed by atoms with Crippen LogP contribution in [-0.2, 0) is 13.0 Å². The number of benzene rings is 2. The number of carbonyl (C=O) groups is 1. The zero-order chi connectivity index (χ0) is 22.0. The minimum Gasteiger partial charge on any atom is -0.507 e. The number of hydrogen-bond acceptors (Lipinski definition) is 5. The third-order valence-corrected chi connectivity index (χ3v) is 5.25. The number of nitrogens with one attached hydrogen (secondary N) is 3. The lowest BCUT2D eigenvalue weighted by Crippen LogP contribution is -2.15. The number of nitrogens with zero attached hydrogens (tertiary/aromatic N) is 2. The predicted octanol–water partition coefficient (Wildman–Crippen LogP) is 3.42. The van der Waals surface area contributed by atoms with Crippen molar-refractivity contribution in [2.75, 3.05) is 5.32 Å². The molecule has 2 heterocycles. The average molecular weight is 416 g/mol. The van der Waals surface area contributed by atoms with Gasteiger partial charge in [0.25, 0.3) is 5.91 Å². The van der Waals surface area contributed by atoms with Gasteiger partial charge < -0.3 is 16.2 Å². The molecule has 0 unspecified atom stereocenters. The summed E-state index contributed by atoms with van der Waals surface area (Å²) in [6, 6.07) is 13.7. The molecule has 0 saturated carbocycles. The maximum atomic E-state index is 12.1. The van der Waals surface area contributed by atoms with E-state index in [0.29, 0.717) is 35.8 Å². The van der Waals surface area contributed by atoms with Crippen LogP contribution < -0.4 is 11.1 Å². The van der Waals surface area contributed by atoms with Crippen LogP contribution in [0.15, 0.2) is 48.7 Å². The lowest BCUT2D eigenvalue weighted by Gasteiger charge is -2.10. The molecule has 2 aromatic heterocycles. The second-order valence-corrected chi connectivity index (χ2v) is 7.57. The third kappa shape index (κ3) is 4.28. The fourth-order valence-electron chi connectivity index (χ4n) is 3.66. The van der Waals surface area contributed by atoms with Gasteiger partial charge in [0.05, 0.1) is 11.4 Å². The van der Waals surface area contributed by atoms with Crippen molar-refractivity contribution in [3.8, 4) is 17.0 Å². The quantitative estimate of drug-likeness (QED) is 0.315. The number of primary amides is 1. The van der Waals surface area contributed by atoms with Gasteiger partial charge in [-0.2, -0.15) is 10.2 Å². The smallest absolute Gasteiger partial charge is 0.254 e. The molecule has 158 valence electrons. The fourth-order valence-corrected chi connectivity index (χ4v) is 3.66. The summed E-state index contributed by atoms with van der Waals surface area (Å²) in [5, 5.41) is 27.2. The first-order valence-corrected chi connectivity index (χ1v) is 9.91. The van der Waals surface area contributed by atoms with E-state index in [4.69, 9.17) is 5.73 Å². The van der Waals surface area contributed by atoms with Crippen LogP contribution in [0.2, 0.25) is 0 Å². The summed E-state index contributed by atoms with van der Waals surface area (Å²) >= 11 is 0. The maximum absolute atomic E-state index is 12.1. The van der Waals surface area contributed by atoms with Gasteiger partial charge in [-0.05, 0) is 47.7 Å². The standard InChI is InChI=1S/C23H24N6O2/c1-13-9-16(10-14(2)21(13)30)12-25-23-20(22(24)31)19(28-29-23)11-15-3-5-17(6-4-15)18-7-8-26-27-18/h3-10,30H,11-12H2,1-2H3,(H2,24,31)(H,26,27)(H2,25,28,29). The maximum Gasteiger partial charge on any atom is 0.254 e. The summed E-state index contributed by atoms with van der Waals surface area (Å²) in [5.74, 6) is 0.167. The highest BCUT2D eigenvalue weighted by Gasteiger charge is 2.18. The first-order valence-electron chi connectivity index (χ1n) is 9.91. The molecule has 8 nitrogen and oxygen atoms in total. The molecule has 2 aromatic carbocycles. The Balaban J connectivity index is 1.51. The number of anilines is 1. The van der Waals surface area contributed by atoms with Gasteiger partial charge in [-0.15, -0.1) is 0 Å². The molecule has 0 aliphatic heterocycles. The predicted molar refractivity (Wildman–Crippen MR) is 119 cm³/mol. The van der Waals surface area contributed by atoms with Gasteiger partial charge in [-0.25, -0.2) is 0 Å². The van der Waals surface area contributed by atoms with Crippen LogP contribution in [0.3, 0.4) is 0 Å². The summed E-state index contributed by atoms with van der Waals surface area (Å²) in [6.45, 7) is 4.15. The normalized spacial score (nSPS) is 10.9. The summed E-state index contributed by atoms with van der Waals surface area (Å²) in [4.78, 5) is 12.1. The molecule has 0 radical (unpaired) electrons. The number of H-pyrrole nitrogens is 2. The van der Waals surface area contributed by atoms with Crippen molar-refractivity contribution in [3.63, 3.8) is 0 Å². The van der Waals surface area contributed by atoms with Crippen LogP contribution in [0, 0.1) is 13.8 Å². The number of aryl methyl sites for hydroxylation is 2. The van der Waals surface area contributed by atoms with Crippen LogP contribution in [0.1, 0.15) is 38.3 Å². The van der Waals surface area contributed by atoms with Crippen molar-refractivity contribution in [1.29, 1.82) is 0 Å². The molecule has 8 heteroatoms. The highest BCUT2D eigenvalue weighted by Crippen LogP contribution is 2.25. The Labute approximate surface area is 179 Å². The van der Waals surface area contributed by atoms with Gasteiger partial charge in [0.1, 0.15) is 11.3 Å². The van der Waals surface area contributed by atoms with E-state index in [2.05, 4.69) is 25.7 Å². The zero-order valence-corrected chi connectivity index (χ0v) is 17.4. The zero-order valence-electron chi connectivity index (χ0n) is 17.4. The van der Waals surface area contributed by atoms with Crippen molar-refractivity contribution in [3.05, 3.63) is 82.2 Å². The van der Waals surface area contributed by atoms with Gasteiger partial charge in [0.2, 0.25) is 0 Å². The van der Waals surface area contributed by atoms with E-state index in [1.807, 2.05) is 56.3 Å². The number of carbonyl (C=O) groups excluding carboxylic acids is 1. The van der Waals surface area contributed by atoms with Gasteiger partial charge in [-0.1, -0.05) is 36.4 Å². The lowest BCUT2D eigenvalue weighted by molar-refractivity contribution is 0.100. The minimum absolute atomic E-state index is 0.294. The third-order valence-electron chi connectivity index (χ3n) is 5.25. The first kappa shape index (κ1) is 20.2. The second kappa shape index (κ2) is 8.35. The van der Waals surface area contributed by atoms with E-state index in [0.717, 1.165) is 33.5 Å². The summed E-state index contributed by atoms with van der Waals surface area (Å²) < 4.78 is 0. The summed E-state index contributed by atoms with van der Waals surface area (Å²) in [6.07, 6.45) is 2.20. The van der Waals surface area contributed by atoms with Crippen molar-refractivity contribution < 1.29 is 9.90 Å². The molecule has 31 heavy (non-hydrogen) atoms. The molecule has 0 fully saturated rings. The largest absolute Gasteiger partial charge is 0.507 e. The van der Waals surface area contributed by atoms with E-state index < -0.39 is 5.91 Å². The van der Waals surface area contributed by atoms with Gasteiger partial charge >= 0.3 is 0 Å². The molecule has 0 bridgehead atoms. The van der Waals surface area contributed by atoms with Crippen LogP contribution in [0.5, 0.6) is 5.75 Å².